The van der Waals surface area contributed by atoms with Gasteiger partial charge in [0.05, 0.1) is 6.54 Å². The van der Waals surface area contributed by atoms with Gasteiger partial charge in [-0.3, -0.25) is 14.4 Å². The Morgan fingerprint density at radius 2 is 1.65 bits per heavy atom. The first-order valence-electron chi connectivity index (χ1n) is 10.5. The third-order valence-electron chi connectivity index (χ3n) is 5.44. The Balaban J connectivity index is 1.51. The van der Waals surface area contributed by atoms with Crippen LogP contribution in [0.3, 0.4) is 0 Å². The summed E-state index contributed by atoms with van der Waals surface area (Å²) >= 11 is 0. The van der Waals surface area contributed by atoms with Crippen molar-refractivity contribution in [2.24, 2.45) is 11.7 Å². The molecule has 1 heterocycles. The van der Waals surface area contributed by atoms with E-state index >= 15 is 0 Å². The number of nitrogens with two attached hydrogens (primary N) is 1. The Morgan fingerprint density at radius 3 is 2.26 bits per heavy atom. The van der Waals surface area contributed by atoms with Crippen LogP contribution in [0.1, 0.15) is 28.8 Å². The van der Waals surface area contributed by atoms with Gasteiger partial charge in [-0.2, -0.15) is 4.31 Å². The Hall–Kier alpha value is -3.38. The van der Waals surface area contributed by atoms with Gasteiger partial charge in [0.15, 0.2) is 0 Å². The van der Waals surface area contributed by atoms with Crippen LogP contribution < -0.4 is 16.4 Å². The maximum Gasteiger partial charge on any atom is 0.251 e. The zero-order valence-electron chi connectivity index (χ0n) is 18.1. The van der Waals surface area contributed by atoms with E-state index < -0.39 is 44.3 Å². The molecule has 0 radical (unpaired) electrons. The second kappa shape index (κ2) is 10.7. The number of carbonyl (C=O) groups is 3. The molecule has 34 heavy (non-hydrogen) atoms. The van der Waals surface area contributed by atoms with Crippen molar-refractivity contribution < 1.29 is 31.6 Å². The number of rotatable bonds is 8. The molecule has 12 heteroatoms. The number of sulfonamides is 1. The van der Waals surface area contributed by atoms with Crippen LogP contribution in [0.2, 0.25) is 0 Å². The third-order valence-corrected chi connectivity index (χ3v) is 7.36. The van der Waals surface area contributed by atoms with Gasteiger partial charge in [-0.1, -0.05) is 12.1 Å². The van der Waals surface area contributed by atoms with Gasteiger partial charge in [-0.25, -0.2) is 17.2 Å². The van der Waals surface area contributed by atoms with Gasteiger partial charge in [0, 0.05) is 31.1 Å². The molecular weight excluding hydrogens is 470 g/mol. The van der Waals surface area contributed by atoms with Gasteiger partial charge in [-0.15, -0.1) is 0 Å². The number of piperidine rings is 1. The minimum atomic E-state index is -4.21. The van der Waals surface area contributed by atoms with Crippen LogP contribution in [0, 0.1) is 17.6 Å². The lowest BCUT2D eigenvalue weighted by Gasteiger charge is -2.30. The number of halogens is 2. The smallest absolute Gasteiger partial charge is 0.251 e. The predicted octanol–water partition coefficient (Wildman–Crippen LogP) is 0.897. The Labute approximate surface area is 195 Å². The second-order valence-electron chi connectivity index (χ2n) is 7.82. The Kier molecular flexibility index (Phi) is 7.94. The molecule has 4 N–H and O–H groups in total. The van der Waals surface area contributed by atoms with Crippen molar-refractivity contribution in [1.29, 1.82) is 0 Å². The first kappa shape index (κ1) is 25.2. The Bertz CT molecular complexity index is 1180. The molecule has 2 aromatic carbocycles. The van der Waals surface area contributed by atoms with Gasteiger partial charge in [-0.05, 0) is 48.7 Å². The van der Waals surface area contributed by atoms with Crippen molar-refractivity contribution in [3.8, 4) is 0 Å². The number of nitrogens with zero attached hydrogens (tertiary/aromatic N) is 1. The maximum atomic E-state index is 13.9. The average Bonchev–Trinajstić information content (AvgIpc) is 2.82. The minimum absolute atomic E-state index is 0.00544. The fourth-order valence-electron chi connectivity index (χ4n) is 3.55. The number of hydrogen-bond donors (Lipinski definition) is 3. The average molecular weight is 495 g/mol. The van der Waals surface area contributed by atoms with E-state index in [1.165, 1.54) is 0 Å². The molecule has 9 nitrogen and oxygen atoms in total. The van der Waals surface area contributed by atoms with E-state index in [1.54, 1.807) is 24.3 Å². The lowest BCUT2D eigenvalue weighted by atomic mass is 9.97. The van der Waals surface area contributed by atoms with Crippen LogP contribution in [-0.2, 0) is 26.2 Å². The molecule has 1 saturated heterocycles. The highest BCUT2D eigenvalue weighted by molar-refractivity contribution is 7.89. The van der Waals surface area contributed by atoms with E-state index in [-0.39, 0.29) is 44.9 Å². The van der Waals surface area contributed by atoms with E-state index in [9.17, 15) is 31.6 Å². The second-order valence-corrected chi connectivity index (χ2v) is 9.72. The molecule has 0 unspecified atom stereocenters. The summed E-state index contributed by atoms with van der Waals surface area (Å²) in [6, 6.07) is 8.67. The molecule has 3 rings (SSSR count). The van der Waals surface area contributed by atoms with Crippen LogP contribution in [-0.4, -0.2) is 50.1 Å². The first-order valence-corrected chi connectivity index (χ1v) is 11.9. The molecule has 2 aromatic rings. The number of benzene rings is 2. The number of nitrogens with one attached hydrogen (secondary N) is 2. The molecule has 0 atom stereocenters. The number of amides is 3. The summed E-state index contributed by atoms with van der Waals surface area (Å²) in [5.74, 6) is -3.67. The molecule has 182 valence electrons. The summed E-state index contributed by atoms with van der Waals surface area (Å²) in [6.07, 6.45) is 0.474. The van der Waals surface area contributed by atoms with Crippen molar-refractivity contribution in [3.05, 3.63) is 65.2 Å². The number of carbonyl (C=O) groups excluding carboxylic acids is 3. The Morgan fingerprint density at radius 1 is 1.00 bits per heavy atom. The van der Waals surface area contributed by atoms with E-state index in [0.29, 0.717) is 11.6 Å². The number of hydrogen-bond acceptors (Lipinski definition) is 5. The van der Waals surface area contributed by atoms with Crippen molar-refractivity contribution in [1.82, 2.24) is 14.9 Å². The summed E-state index contributed by atoms with van der Waals surface area (Å²) in [5, 5.41) is 5.15. The summed E-state index contributed by atoms with van der Waals surface area (Å²) < 4.78 is 53.8. The van der Waals surface area contributed by atoms with Crippen LogP contribution in [0.5, 0.6) is 0 Å². The fourth-order valence-corrected chi connectivity index (χ4v) is 5.09. The van der Waals surface area contributed by atoms with Gasteiger partial charge >= 0.3 is 0 Å². The normalized spacial score (nSPS) is 15.0. The van der Waals surface area contributed by atoms with Crippen molar-refractivity contribution in [2.75, 3.05) is 19.6 Å². The van der Waals surface area contributed by atoms with E-state index in [2.05, 4.69) is 10.6 Å². The van der Waals surface area contributed by atoms with Crippen LogP contribution in [0.25, 0.3) is 0 Å². The molecule has 0 spiro atoms. The quantitative estimate of drug-likeness (QED) is 0.501. The summed E-state index contributed by atoms with van der Waals surface area (Å²) in [5.41, 5.74) is 6.05. The van der Waals surface area contributed by atoms with Gasteiger partial charge in [0.25, 0.3) is 5.91 Å². The summed E-state index contributed by atoms with van der Waals surface area (Å²) in [4.78, 5) is 34.4. The monoisotopic (exact) mass is 494 g/mol. The number of primary amides is 1. The zero-order chi connectivity index (χ0) is 24.9. The van der Waals surface area contributed by atoms with E-state index in [4.69, 9.17) is 5.73 Å². The van der Waals surface area contributed by atoms with Crippen molar-refractivity contribution in [3.63, 3.8) is 0 Å². The SMILES string of the molecule is NC(=O)CNC(=O)c1ccc(CNC(=O)C2CCN(S(=O)(=O)c3cc(F)ccc3F)CC2)cc1. The van der Waals surface area contributed by atoms with Crippen molar-refractivity contribution >= 4 is 27.7 Å². The summed E-state index contributed by atoms with van der Waals surface area (Å²) in [6.45, 7) is -0.0556. The fraction of sp³-hybridized carbons (Fsp3) is 0.318. The first-order chi connectivity index (χ1) is 16.1. The molecule has 0 aliphatic carbocycles. The molecular formula is C22H24F2N4O5S. The minimum Gasteiger partial charge on any atom is -0.368 e. The van der Waals surface area contributed by atoms with Crippen LogP contribution in [0.15, 0.2) is 47.4 Å². The maximum absolute atomic E-state index is 13.9. The molecule has 0 saturated carbocycles. The van der Waals surface area contributed by atoms with Crippen LogP contribution in [0.4, 0.5) is 8.78 Å². The largest absolute Gasteiger partial charge is 0.368 e. The molecule has 1 aliphatic rings. The standard InChI is InChI=1S/C22H24F2N4O5S/c23-17-5-6-18(24)19(11-17)34(32,33)28-9-7-16(8-10-28)22(31)26-12-14-1-3-15(4-2-14)21(30)27-13-20(25)29/h1-6,11,16H,7-10,12-13H2,(H2,25,29)(H,26,31)(H,27,30). The lowest BCUT2D eigenvalue weighted by molar-refractivity contribution is -0.126. The predicted molar refractivity (Wildman–Crippen MR) is 118 cm³/mol. The van der Waals surface area contributed by atoms with E-state index in [1.807, 2.05) is 0 Å². The van der Waals surface area contributed by atoms with Gasteiger partial charge in [0.1, 0.15) is 16.5 Å². The van der Waals surface area contributed by atoms with Crippen LogP contribution >= 0.6 is 0 Å². The third kappa shape index (κ3) is 6.14. The molecule has 0 bridgehead atoms. The van der Waals surface area contributed by atoms with Gasteiger partial charge in [0.2, 0.25) is 21.8 Å². The highest BCUT2D eigenvalue weighted by Crippen LogP contribution is 2.26. The van der Waals surface area contributed by atoms with Crippen molar-refractivity contribution in [2.45, 2.75) is 24.3 Å². The molecule has 3 amide bonds. The molecule has 0 aromatic heterocycles. The van der Waals surface area contributed by atoms with E-state index in [0.717, 1.165) is 22.0 Å². The topological polar surface area (TPSA) is 139 Å². The molecule has 1 fully saturated rings. The zero-order valence-corrected chi connectivity index (χ0v) is 18.9. The van der Waals surface area contributed by atoms with Gasteiger partial charge < -0.3 is 16.4 Å². The highest BCUT2D eigenvalue weighted by atomic mass is 32.2. The highest BCUT2D eigenvalue weighted by Gasteiger charge is 2.33. The lowest BCUT2D eigenvalue weighted by Crippen LogP contribution is -2.43. The summed E-state index contributed by atoms with van der Waals surface area (Å²) in [7, 11) is -4.21. The molecule has 1 aliphatic heterocycles.